The molecule has 0 spiro atoms. The molecule has 0 aliphatic carbocycles. The maximum absolute atomic E-state index is 13.1. The van der Waals surface area contributed by atoms with Crippen LogP contribution in [-0.4, -0.2) is 5.38 Å². The van der Waals surface area contributed by atoms with Gasteiger partial charge in [0.2, 0.25) is 0 Å². The van der Waals surface area contributed by atoms with Crippen LogP contribution in [0, 0.1) is 11.7 Å². The van der Waals surface area contributed by atoms with Crippen LogP contribution in [0.5, 0.6) is 0 Å². The summed E-state index contributed by atoms with van der Waals surface area (Å²) in [6.45, 7) is 4.22. The maximum atomic E-state index is 13.1. The summed E-state index contributed by atoms with van der Waals surface area (Å²) in [4.78, 5) is 0. The molecular weight excluding hydrogens is 259 g/mol. The standard InChI is InChI=1S/C17H18ClF/c1-12(2)17(18)16(13-6-4-3-5-7-13)14-8-10-15(19)11-9-14/h3-12,16-17H,1-2H3. The van der Waals surface area contributed by atoms with Crippen LogP contribution >= 0.6 is 11.6 Å². The molecule has 0 saturated carbocycles. The largest absolute Gasteiger partial charge is 0.207 e. The molecule has 0 aliphatic rings. The number of hydrogen-bond donors (Lipinski definition) is 0. The van der Waals surface area contributed by atoms with Gasteiger partial charge in [-0.25, -0.2) is 4.39 Å². The lowest BCUT2D eigenvalue weighted by Gasteiger charge is -2.26. The number of hydrogen-bond acceptors (Lipinski definition) is 0. The SMILES string of the molecule is CC(C)C(Cl)C(c1ccccc1)c1ccc(F)cc1. The Hall–Kier alpha value is -1.34. The molecule has 0 aromatic heterocycles. The average molecular weight is 277 g/mol. The van der Waals surface area contributed by atoms with Gasteiger partial charge in [-0.1, -0.05) is 56.3 Å². The van der Waals surface area contributed by atoms with Gasteiger partial charge in [-0.2, -0.15) is 0 Å². The van der Waals surface area contributed by atoms with E-state index >= 15 is 0 Å². The Bertz CT molecular complexity index is 505. The second-order valence-corrected chi connectivity index (χ2v) is 5.63. The van der Waals surface area contributed by atoms with Crippen molar-refractivity contribution in [3.63, 3.8) is 0 Å². The first kappa shape index (κ1) is 14.1. The van der Waals surface area contributed by atoms with Gasteiger partial charge in [-0.15, -0.1) is 11.6 Å². The minimum absolute atomic E-state index is 0.0205. The summed E-state index contributed by atoms with van der Waals surface area (Å²) in [7, 11) is 0. The summed E-state index contributed by atoms with van der Waals surface area (Å²) < 4.78 is 13.1. The molecule has 0 bridgehead atoms. The van der Waals surface area contributed by atoms with Gasteiger partial charge in [-0.05, 0) is 29.2 Å². The fourth-order valence-electron chi connectivity index (χ4n) is 2.28. The third kappa shape index (κ3) is 3.36. The number of halogens is 2. The van der Waals surface area contributed by atoms with E-state index < -0.39 is 0 Å². The topological polar surface area (TPSA) is 0 Å². The molecule has 19 heavy (non-hydrogen) atoms. The summed E-state index contributed by atoms with van der Waals surface area (Å²) in [5, 5.41) is -0.0205. The van der Waals surface area contributed by atoms with Gasteiger partial charge in [0.1, 0.15) is 5.82 Å². The van der Waals surface area contributed by atoms with Crippen LogP contribution in [0.3, 0.4) is 0 Å². The van der Waals surface area contributed by atoms with E-state index in [0.29, 0.717) is 5.92 Å². The molecule has 0 heterocycles. The summed E-state index contributed by atoms with van der Waals surface area (Å²) in [5.74, 6) is 0.214. The van der Waals surface area contributed by atoms with Crippen LogP contribution in [0.4, 0.5) is 4.39 Å². The van der Waals surface area contributed by atoms with Crippen molar-refractivity contribution < 1.29 is 4.39 Å². The molecule has 0 fully saturated rings. The van der Waals surface area contributed by atoms with E-state index in [-0.39, 0.29) is 17.1 Å². The van der Waals surface area contributed by atoms with Crippen molar-refractivity contribution in [2.75, 3.05) is 0 Å². The van der Waals surface area contributed by atoms with Crippen LogP contribution < -0.4 is 0 Å². The molecule has 2 aromatic rings. The first-order chi connectivity index (χ1) is 9.09. The van der Waals surface area contributed by atoms with E-state index in [1.165, 1.54) is 17.7 Å². The predicted molar refractivity (Wildman–Crippen MR) is 79.2 cm³/mol. The van der Waals surface area contributed by atoms with Gasteiger partial charge < -0.3 is 0 Å². The van der Waals surface area contributed by atoms with Crippen molar-refractivity contribution in [1.82, 2.24) is 0 Å². The van der Waals surface area contributed by atoms with E-state index in [1.807, 2.05) is 30.3 Å². The summed E-state index contributed by atoms with van der Waals surface area (Å²) in [6.07, 6.45) is 0. The van der Waals surface area contributed by atoms with Crippen LogP contribution in [0.2, 0.25) is 0 Å². The van der Waals surface area contributed by atoms with E-state index in [0.717, 1.165) is 5.56 Å². The molecule has 2 aromatic carbocycles. The first-order valence-electron chi connectivity index (χ1n) is 6.54. The molecule has 0 saturated heterocycles. The highest BCUT2D eigenvalue weighted by Gasteiger charge is 2.25. The summed E-state index contributed by atoms with van der Waals surface area (Å²) in [5.41, 5.74) is 2.23. The van der Waals surface area contributed by atoms with Crippen LogP contribution in [0.25, 0.3) is 0 Å². The zero-order valence-corrected chi connectivity index (χ0v) is 11.9. The van der Waals surface area contributed by atoms with Gasteiger partial charge in [-0.3, -0.25) is 0 Å². The number of alkyl halides is 1. The van der Waals surface area contributed by atoms with Crippen molar-refractivity contribution in [3.8, 4) is 0 Å². The zero-order valence-electron chi connectivity index (χ0n) is 11.2. The third-order valence-corrected chi connectivity index (χ3v) is 4.10. The van der Waals surface area contributed by atoms with Gasteiger partial charge in [0, 0.05) is 11.3 Å². The molecule has 2 heteroatoms. The van der Waals surface area contributed by atoms with Crippen LogP contribution in [0.15, 0.2) is 54.6 Å². The monoisotopic (exact) mass is 276 g/mol. The zero-order chi connectivity index (χ0) is 13.8. The van der Waals surface area contributed by atoms with Crippen LogP contribution in [-0.2, 0) is 0 Å². The molecular formula is C17H18ClF. The number of rotatable bonds is 4. The Morgan fingerprint density at radius 2 is 1.37 bits per heavy atom. The molecule has 0 radical (unpaired) electrons. The minimum Gasteiger partial charge on any atom is -0.207 e. The molecule has 0 aliphatic heterocycles. The van der Waals surface area contributed by atoms with Gasteiger partial charge in [0.25, 0.3) is 0 Å². The van der Waals surface area contributed by atoms with Gasteiger partial charge in [0.05, 0.1) is 0 Å². The van der Waals surface area contributed by atoms with Crippen molar-refractivity contribution in [3.05, 3.63) is 71.5 Å². The highest BCUT2D eigenvalue weighted by molar-refractivity contribution is 6.21. The van der Waals surface area contributed by atoms with Gasteiger partial charge in [0.15, 0.2) is 0 Å². The van der Waals surface area contributed by atoms with Gasteiger partial charge >= 0.3 is 0 Å². The summed E-state index contributed by atoms with van der Waals surface area (Å²) >= 11 is 6.60. The quantitative estimate of drug-likeness (QED) is 0.672. The van der Waals surface area contributed by atoms with E-state index in [1.54, 1.807) is 0 Å². The molecule has 0 N–H and O–H groups in total. The van der Waals surface area contributed by atoms with E-state index in [2.05, 4.69) is 26.0 Å². The Labute approximate surface area is 119 Å². The molecule has 100 valence electrons. The molecule has 2 atom stereocenters. The fourth-order valence-corrected chi connectivity index (χ4v) is 2.57. The fraction of sp³-hybridized carbons (Fsp3) is 0.294. The maximum Gasteiger partial charge on any atom is 0.123 e. The minimum atomic E-state index is -0.216. The summed E-state index contributed by atoms with van der Waals surface area (Å²) in [6, 6.07) is 16.8. The lowest BCUT2D eigenvalue weighted by molar-refractivity contribution is 0.550. The van der Waals surface area contributed by atoms with Crippen molar-refractivity contribution in [2.45, 2.75) is 25.1 Å². The molecule has 2 unspecified atom stereocenters. The third-order valence-electron chi connectivity index (χ3n) is 3.34. The van der Waals surface area contributed by atoms with Crippen molar-refractivity contribution in [2.24, 2.45) is 5.92 Å². The average Bonchev–Trinajstić information content (AvgIpc) is 2.42. The van der Waals surface area contributed by atoms with E-state index in [9.17, 15) is 4.39 Å². The Balaban J connectivity index is 2.43. The Morgan fingerprint density at radius 1 is 0.842 bits per heavy atom. The lowest BCUT2D eigenvalue weighted by Crippen LogP contribution is -2.20. The molecule has 0 amide bonds. The number of benzene rings is 2. The van der Waals surface area contributed by atoms with E-state index in [4.69, 9.17) is 11.6 Å². The normalized spacial score (nSPS) is 14.4. The first-order valence-corrected chi connectivity index (χ1v) is 6.97. The van der Waals surface area contributed by atoms with Crippen molar-refractivity contribution >= 4 is 11.6 Å². The van der Waals surface area contributed by atoms with Crippen LogP contribution in [0.1, 0.15) is 30.9 Å². The van der Waals surface area contributed by atoms with Crippen molar-refractivity contribution in [1.29, 1.82) is 0 Å². The molecule has 0 nitrogen and oxygen atoms in total. The highest BCUT2D eigenvalue weighted by atomic mass is 35.5. The lowest BCUT2D eigenvalue weighted by atomic mass is 9.84. The second-order valence-electron chi connectivity index (χ2n) is 5.13. The Morgan fingerprint density at radius 3 is 1.89 bits per heavy atom. The predicted octanol–water partition coefficient (Wildman–Crippen LogP) is 5.22. The highest BCUT2D eigenvalue weighted by Crippen LogP contribution is 2.34. The smallest absolute Gasteiger partial charge is 0.123 e. The molecule has 2 rings (SSSR count). The second kappa shape index (κ2) is 6.21. The Kier molecular flexibility index (Phi) is 4.60.